The Morgan fingerprint density at radius 2 is 1.55 bits per heavy atom. The lowest BCUT2D eigenvalue weighted by atomic mass is 9.97. The standard InChI is InChI=1S/C23H38O8/c1-2-3-4-5-6-7-8-9-10-11-16-17(12-13-19(25)29-16)30-23-22(28)21(27)20(26)18(31-23)14-15-24/h12-13,18,20-24,26-28H,2-11,14-15H2,1H3. The SMILES string of the molecule is CCCCCCCCCCCc1oc(=O)ccc1OC1OC(CCO)C(O)C(O)C1O. The molecule has 0 aliphatic carbocycles. The summed E-state index contributed by atoms with van der Waals surface area (Å²) in [5.74, 6) is 0.625. The molecule has 1 aromatic rings. The average molecular weight is 443 g/mol. The van der Waals surface area contributed by atoms with Crippen molar-refractivity contribution in [2.24, 2.45) is 0 Å². The molecule has 1 fully saturated rings. The van der Waals surface area contributed by atoms with Crippen LogP contribution in [0, 0.1) is 0 Å². The van der Waals surface area contributed by atoms with E-state index >= 15 is 0 Å². The van der Waals surface area contributed by atoms with Gasteiger partial charge in [0.05, 0.1) is 6.10 Å². The Balaban J connectivity index is 1.88. The minimum absolute atomic E-state index is 0.0833. The third-order valence-corrected chi connectivity index (χ3v) is 5.70. The van der Waals surface area contributed by atoms with E-state index in [0.29, 0.717) is 12.2 Å². The highest BCUT2D eigenvalue weighted by molar-refractivity contribution is 5.25. The minimum Gasteiger partial charge on any atom is -0.458 e. The van der Waals surface area contributed by atoms with Crippen LogP contribution < -0.4 is 10.4 Å². The molecule has 5 unspecified atom stereocenters. The molecule has 5 atom stereocenters. The summed E-state index contributed by atoms with van der Waals surface area (Å²) in [4.78, 5) is 11.7. The van der Waals surface area contributed by atoms with Crippen LogP contribution in [-0.4, -0.2) is 57.7 Å². The van der Waals surface area contributed by atoms with Crippen molar-refractivity contribution in [3.8, 4) is 5.75 Å². The highest BCUT2D eigenvalue weighted by Gasteiger charge is 2.44. The molecule has 31 heavy (non-hydrogen) atoms. The number of unbranched alkanes of at least 4 members (excludes halogenated alkanes) is 8. The smallest absolute Gasteiger partial charge is 0.336 e. The lowest BCUT2D eigenvalue weighted by molar-refractivity contribution is -0.274. The van der Waals surface area contributed by atoms with Crippen LogP contribution in [0.3, 0.4) is 0 Å². The van der Waals surface area contributed by atoms with E-state index < -0.39 is 36.3 Å². The Morgan fingerprint density at radius 3 is 2.19 bits per heavy atom. The summed E-state index contributed by atoms with van der Waals surface area (Å²) in [6, 6.07) is 2.68. The van der Waals surface area contributed by atoms with Crippen LogP contribution in [0.5, 0.6) is 5.75 Å². The molecule has 178 valence electrons. The third-order valence-electron chi connectivity index (χ3n) is 5.70. The van der Waals surface area contributed by atoms with Gasteiger partial charge in [0.15, 0.2) is 5.75 Å². The van der Waals surface area contributed by atoms with Gasteiger partial charge in [-0.2, -0.15) is 0 Å². The summed E-state index contributed by atoms with van der Waals surface area (Å²) in [5, 5.41) is 39.4. The summed E-state index contributed by atoms with van der Waals surface area (Å²) in [6.45, 7) is 1.96. The monoisotopic (exact) mass is 442 g/mol. The van der Waals surface area contributed by atoms with Crippen LogP contribution in [0.1, 0.15) is 76.9 Å². The van der Waals surface area contributed by atoms with E-state index in [1.54, 1.807) is 0 Å². The van der Waals surface area contributed by atoms with E-state index in [2.05, 4.69) is 6.92 Å². The quantitative estimate of drug-likeness (QED) is 0.323. The molecule has 0 spiro atoms. The maximum Gasteiger partial charge on any atom is 0.336 e. The van der Waals surface area contributed by atoms with Crippen LogP contribution in [0.4, 0.5) is 0 Å². The highest BCUT2D eigenvalue weighted by atomic mass is 16.7. The number of aryl methyl sites for hydroxylation is 1. The number of hydrogen-bond donors (Lipinski definition) is 4. The van der Waals surface area contributed by atoms with E-state index in [9.17, 15) is 20.1 Å². The van der Waals surface area contributed by atoms with Crippen molar-refractivity contribution in [3.05, 3.63) is 28.3 Å². The molecule has 2 heterocycles. The van der Waals surface area contributed by atoms with Crippen LogP contribution in [-0.2, 0) is 11.2 Å². The minimum atomic E-state index is -1.49. The van der Waals surface area contributed by atoms with Crippen LogP contribution in [0.2, 0.25) is 0 Å². The van der Waals surface area contributed by atoms with Gasteiger partial charge in [-0.1, -0.05) is 58.3 Å². The summed E-state index contributed by atoms with van der Waals surface area (Å²) in [6.07, 6.45) is 4.67. The Labute approximate surface area is 183 Å². The van der Waals surface area contributed by atoms with Crippen molar-refractivity contribution < 1.29 is 34.3 Å². The van der Waals surface area contributed by atoms with Gasteiger partial charge >= 0.3 is 5.63 Å². The topological polar surface area (TPSA) is 130 Å². The number of rotatable bonds is 14. The van der Waals surface area contributed by atoms with E-state index in [-0.39, 0.29) is 18.8 Å². The number of aliphatic hydroxyl groups excluding tert-OH is 4. The van der Waals surface area contributed by atoms with Crippen LogP contribution in [0.25, 0.3) is 0 Å². The molecule has 0 saturated carbocycles. The first-order valence-electron chi connectivity index (χ1n) is 11.6. The maximum atomic E-state index is 11.7. The van der Waals surface area contributed by atoms with Crippen LogP contribution >= 0.6 is 0 Å². The predicted octanol–water partition coefficient (Wildman–Crippen LogP) is 2.28. The molecule has 1 saturated heterocycles. The van der Waals surface area contributed by atoms with Crippen molar-refractivity contribution in [3.63, 3.8) is 0 Å². The second kappa shape index (κ2) is 13.9. The molecule has 0 aromatic carbocycles. The zero-order valence-corrected chi connectivity index (χ0v) is 18.4. The molecular weight excluding hydrogens is 404 g/mol. The Kier molecular flexibility index (Phi) is 11.5. The molecule has 8 nitrogen and oxygen atoms in total. The number of ether oxygens (including phenoxy) is 2. The number of aliphatic hydroxyl groups is 4. The average Bonchev–Trinajstić information content (AvgIpc) is 2.76. The van der Waals surface area contributed by atoms with Crippen molar-refractivity contribution >= 4 is 0 Å². The summed E-state index contributed by atoms with van der Waals surface area (Å²) >= 11 is 0. The largest absolute Gasteiger partial charge is 0.458 e. The second-order valence-electron chi connectivity index (χ2n) is 8.27. The fraction of sp³-hybridized carbons (Fsp3) is 0.783. The first-order valence-corrected chi connectivity index (χ1v) is 11.6. The summed E-state index contributed by atoms with van der Waals surface area (Å²) in [7, 11) is 0. The van der Waals surface area contributed by atoms with Crippen molar-refractivity contribution in [1.29, 1.82) is 0 Å². The molecule has 8 heteroatoms. The Morgan fingerprint density at radius 1 is 0.903 bits per heavy atom. The molecule has 2 rings (SSSR count). The molecule has 0 bridgehead atoms. The van der Waals surface area contributed by atoms with Crippen molar-refractivity contribution in [1.82, 2.24) is 0 Å². The normalized spacial score (nSPS) is 26.2. The lowest BCUT2D eigenvalue weighted by Crippen LogP contribution is -2.59. The molecule has 1 aromatic heterocycles. The van der Waals surface area contributed by atoms with Gasteiger partial charge in [0, 0.05) is 19.1 Å². The van der Waals surface area contributed by atoms with Gasteiger partial charge in [-0.15, -0.1) is 0 Å². The van der Waals surface area contributed by atoms with Gasteiger partial charge in [0.25, 0.3) is 0 Å². The third kappa shape index (κ3) is 8.20. The first kappa shape index (κ1) is 25.8. The van der Waals surface area contributed by atoms with Gasteiger partial charge in [0.1, 0.15) is 24.1 Å². The Bertz CT molecular complexity index is 676. The zero-order chi connectivity index (χ0) is 22.6. The van der Waals surface area contributed by atoms with Gasteiger partial charge < -0.3 is 34.3 Å². The van der Waals surface area contributed by atoms with E-state index in [1.807, 2.05) is 0 Å². The predicted molar refractivity (Wildman–Crippen MR) is 115 cm³/mol. The fourth-order valence-corrected chi connectivity index (χ4v) is 3.82. The van der Waals surface area contributed by atoms with E-state index in [4.69, 9.17) is 19.0 Å². The second-order valence-corrected chi connectivity index (χ2v) is 8.27. The van der Waals surface area contributed by atoms with Gasteiger partial charge in [-0.3, -0.25) is 0 Å². The Hall–Kier alpha value is -1.45. The summed E-state index contributed by atoms with van der Waals surface area (Å²) < 4.78 is 16.6. The van der Waals surface area contributed by atoms with Crippen molar-refractivity contribution in [2.45, 2.75) is 108 Å². The maximum absolute atomic E-state index is 11.7. The lowest BCUT2D eigenvalue weighted by Gasteiger charge is -2.40. The van der Waals surface area contributed by atoms with Gasteiger partial charge in [0.2, 0.25) is 6.29 Å². The molecule has 4 N–H and O–H groups in total. The summed E-state index contributed by atoms with van der Waals surface area (Å²) in [5.41, 5.74) is -0.489. The van der Waals surface area contributed by atoms with Gasteiger partial charge in [-0.25, -0.2) is 4.79 Å². The molecular formula is C23H38O8. The molecule has 0 amide bonds. The number of hydrogen-bond acceptors (Lipinski definition) is 8. The van der Waals surface area contributed by atoms with E-state index in [0.717, 1.165) is 19.3 Å². The zero-order valence-electron chi connectivity index (χ0n) is 18.4. The fourth-order valence-electron chi connectivity index (χ4n) is 3.82. The molecule has 0 radical (unpaired) electrons. The van der Waals surface area contributed by atoms with Crippen molar-refractivity contribution in [2.75, 3.05) is 6.61 Å². The van der Waals surface area contributed by atoms with E-state index in [1.165, 1.54) is 50.7 Å². The van der Waals surface area contributed by atoms with Gasteiger partial charge in [-0.05, 0) is 18.9 Å². The highest BCUT2D eigenvalue weighted by Crippen LogP contribution is 2.28. The van der Waals surface area contributed by atoms with Crippen LogP contribution in [0.15, 0.2) is 21.3 Å². The first-order chi connectivity index (χ1) is 15.0. The molecule has 1 aliphatic rings. The molecule has 1 aliphatic heterocycles.